The van der Waals surface area contributed by atoms with Gasteiger partial charge in [0.05, 0.1) is 0 Å². The first-order chi connectivity index (χ1) is 9.02. The van der Waals surface area contributed by atoms with Gasteiger partial charge in [-0.3, -0.25) is 10.1 Å². The Morgan fingerprint density at radius 3 is 2.95 bits per heavy atom. The van der Waals surface area contributed by atoms with E-state index in [0.717, 1.165) is 11.3 Å². The quantitative estimate of drug-likeness (QED) is 0.378. The minimum Gasteiger partial charge on any atom is -0.349 e. The molecule has 0 fully saturated rings. The van der Waals surface area contributed by atoms with E-state index in [2.05, 4.69) is 25.8 Å². The fourth-order valence-corrected chi connectivity index (χ4v) is 1.66. The van der Waals surface area contributed by atoms with E-state index < -0.39 is 17.0 Å². The van der Waals surface area contributed by atoms with Crippen LogP contribution in [-0.2, 0) is 4.84 Å². The molecule has 0 saturated heterocycles. The standard InChI is InChI=1S/C8H11N5O5S/c1-9-7(15)12-8-11-5(4-19-8)6(14)10-2-3-18-13(16)17/h4H,2-3H2,1H3,(H,10,14)(H2,9,11,12,15). The molecule has 104 valence electrons. The fraction of sp³-hybridized carbons (Fsp3) is 0.375. The van der Waals surface area contributed by atoms with Gasteiger partial charge in [-0.15, -0.1) is 21.5 Å². The lowest BCUT2D eigenvalue weighted by Gasteiger charge is -2.01. The molecule has 19 heavy (non-hydrogen) atoms. The molecule has 1 rings (SSSR count). The second-order valence-electron chi connectivity index (χ2n) is 3.05. The highest BCUT2D eigenvalue weighted by atomic mass is 32.1. The molecular weight excluding hydrogens is 278 g/mol. The molecule has 1 aromatic rings. The van der Waals surface area contributed by atoms with Crippen LogP contribution in [0, 0.1) is 10.1 Å². The number of carbonyl (C=O) groups excluding carboxylic acids is 2. The molecule has 1 heterocycles. The lowest BCUT2D eigenvalue weighted by atomic mass is 10.4. The molecule has 1 aromatic heterocycles. The van der Waals surface area contributed by atoms with E-state index in [4.69, 9.17) is 0 Å². The Balaban J connectivity index is 2.40. The maximum Gasteiger partial charge on any atom is 0.320 e. The molecule has 0 saturated carbocycles. The molecule has 0 aliphatic carbocycles. The lowest BCUT2D eigenvalue weighted by molar-refractivity contribution is -0.757. The first kappa shape index (κ1) is 14.6. The van der Waals surface area contributed by atoms with Gasteiger partial charge in [0.15, 0.2) is 5.13 Å². The average Bonchev–Trinajstić information content (AvgIpc) is 2.82. The number of nitrogens with one attached hydrogen (secondary N) is 3. The number of urea groups is 1. The summed E-state index contributed by atoms with van der Waals surface area (Å²) in [5, 5.41) is 17.8. The molecule has 3 N–H and O–H groups in total. The van der Waals surface area contributed by atoms with Gasteiger partial charge >= 0.3 is 6.03 Å². The Morgan fingerprint density at radius 2 is 2.32 bits per heavy atom. The topological polar surface area (TPSA) is 135 Å². The maximum atomic E-state index is 11.5. The third-order valence-corrected chi connectivity index (χ3v) is 2.53. The van der Waals surface area contributed by atoms with Crippen LogP contribution in [-0.4, -0.2) is 42.2 Å². The predicted octanol–water partition coefficient (Wildman–Crippen LogP) is -0.167. The maximum absolute atomic E-state index is 11.5. The van der Waals surface area contributed by atoms with Gasteiger partial charge in [-0.05, 0) is 0 Å². The van der Waals surface area contributed by atoms with E-state index in [1.165, 1.54) is 12.4 Å². The summed E-state index contributed by atoms with van der Waals surface area (Å²) in [6.45, 7) is -0.262. The third-order valence-electron chi connectivity index (χ3n) is 1.77. The summed E-state index contributed by atoms with van der Waals surface area (Å²) < 4.78 is 0. The van der Waals surface area contributed by atoms with Gasteiger partial charge in [-0.1, -0.05) is 0 Å². The van der Waals surface area contributed by atoms with E-state index in [1.807, 2.05) is 0 Å². The van der Waals surface area contributed by atoms with Crippen LogP contribution >= 0.6 is 11.3 Å². The molecule has 0 unspecified atom stereocenters. The van der Waals surface area contributed by atoms with Crippen molar-refractivity contribution in [2.45, 2.75) is 0 Å². The fourth-order valence-electron chi connectivity index (χ4n) is 0.970. The van der Waals surface area contributed by atoms with Crippen molar-refractivity contribution in [1.29, 1.82) is 0 Å². The first-order valence-electron chi connectivity index (χ1n) is 5.02. The highest BCUT2D eigenvalue weighted by molar-refractivity contribution is 7.14. The predicted molar refractivity (Wildman–Crippen MR) is 65.5 cm³/mol. The number of aromatic nitrogens is 1. The van der Waals surface area contributed by atoms with Gasteiger partial charge in [0.2, 0.25) is 0 Å². The molecule has 10 nitrogen and oxygen atoms in total. The summed E-state index contributed by atoms with van der Waals surface area (Å²) in [6.07, 6.45) is 0. The van der Waals surface area contributed by atoms with Crippen molar-refractivity contribution in [3.8, 4) is 0 Å². The van der Waals surface area contributed by atoms with Gasteiger partial charge in [0.25, 0.3) is 11.0 Å². The Kier molecular flexibility index (Phi) is 5.47. The zero-order chi connectivity index (χ0) is 14.3. The van der Waals surface area contributed by atoms with Gasteiger partial charge in [-0.25, -0.2) is 9.78 Å². The van der Waals surface area contributed by atoms with E-state index in [-0.39, 0.29) is 24.0 Å². The van der Waals surface area contributed by atoms with Crippen LogP contribution in [0.3, 0.4) is 0 Å². The zero-order valence-electron chi connectivity index (χ0n) is 9.84. The molecule has 0 aromatic carbocycles. The zero-order valence-corrected chi connectivity index (χ0v) is 10.7. The van der Waals surface area contributed by atoms with Gasteiger partial charge in [0.1, 0.15) is 12.3 Å². The van der Waals surface area contributed by atoms with E-state index in [1.54, 1.807) is 0 Å². The Morgan fingerprint density at radius 1 is 1.58 bits per heavy atom. The third kappa shape index (κ3) is 5.16. The Labute approximate surface area is 111 Å². The molecule has 0 aliphatic heterocycles. The number of thiazole rings is 1. The minimum absolute atomic E-state index is 0.0183. The number of carbonyl (C=O) groups is 2. The number of hydrogen-bond donors (Lipinski definition) is 3. The minimum atomic E-state index is -0.944. The van der Waals surface area contributed by atoms with Crippen LogP contribution in [0.1, 0.15) is 10.5 Å². The second kappa shape index (κ2) is 7.10. The number of rotatable bonds is 6. The number of anilines is 1. The number of amides is 3. The lowest BCUT2D eigenvalue weighted by Crippen LogP contribution is -2.28. The van der Waals surface area contributed by atoms with Crippen molar-refractivity contribution in [2.75, 3.05) is 25.5 Å². The van der Waals surface area contributed by atoms with Gasteiger partial charge < -0.3 is 15.5 Å². The first-order valence-corrected chi connectivity index (χ1v) is 5.90. The molecule has 0 radical (unpaired) electrons. The summed E-state index contributed by atoms with van der Waals surface area (Å²) in [4.78, 5) is 40.3. The van der Waals surface area contributed by atoms with Crippen LogP contribution in [0.5, 0.6) is 0 Å². The van der Waals surface area contributed by atoms with Crippen LogP contribution in [0.4, 0.5) is 9.93 Å². The monoisotopic (exact) mass is 289 g/mol. The highest BCUT2D eigenvalue weighted by Gasteiger charge is 2.11. The van der Waals surface area contributed by atoms with Crippen molar-refractivity contribution in [2.24, 2.45) is 0 Å². The van der Waals surface area contributed by atoms with Crippen molar-refractivity contribution in [3.05, 3.63) is 21.2 Å². The second-order valence-corrected chi connectivity index (χ2v) is 3.91. The summed E-state index contributed by atoms with van der Waals surface area (Å²) in [6, 6.07) is -0.444. The Hall–Kier alpha value is -2.43. The van der Waals surface area contributed by atoms with Crippen LogP contribution in [0.2, 0.25) is 0 Å². The average molecular weight is 289 g/mol. The normalized spacial score (nSPS) is 9.53. The van der Waals surface area contributed by atoms with Gasteiger partial charge in [-0.2, -0.15) is 0 Å². The molecule has 0 aliphatic rings. The summed E-state index contributed by atoms with van der Waals surface area (Å²) in [5.74, 6) is -0.506. The van der Waals surface area contributed by atoms with Crippen molar-refractivity contribution < 1.29 is 19.5 Å². The largest absolute Gasteiger partial charge is 0.349 e. The smallest absolute Gasteiger partial charge is 0.320 e. The molecule has 0 atom stereocenters. The van der Waals surface area contributed by atoms with E-state index in [0.29, 0.717) is 0 Å². The summed E-state index contributed by atoms with van der Waals surface area (Å²) >= 11 is 1.08. The molecule has 11 heteroatoms. The number of nitrogens with zero attached hydrogens (tertiary/aromatic N) is 2. The molecule has 3 amide bonds. The van der Waals surface area contributed by atoms with Crippen molar-refractivity contribution >= 4 is 28.4 Å². The van der Waals surface area contributed by atoms with E-state index >= 15 is 0 Å². The Bertz CT molecular complexity index is 476. The molecular formula is C8H11N5O5S. The van der Waals surface area contributed by atoms with Gasteiger partial charge in [0, 0.05) is 19.0 Å². The van der Waals surface area contributed by atoms with Crippen LogP contribution in [0.25, 0.3) is 0 Å². The van der Waals surface area contributed by atoms with Crippen LogP contribution < -0.4 is 16.0 Å². The highest BCUT2D eigenvalue weighted by Crippen LogP contribution is 2.14. The van der Waals surface area contributed by atoms with Crippen molar-refractivity contribution in [3.63, 3.8) is 0 Å². The molecule has 0 spiro atoms. The van der Waals surface area contributed by atoms with E-state index in [9.17, 15) is 19.7 Å². The molecule has 0 bridgehead atoms. The van der Waals surface area contributed by atoms with Crippen LogP contribution in [0.15, 0.2) is 5.38 Å². The summed E-state index contributed by atoms with van der Waals surface area (Å²) in [7, 11) is 1.45. The van der Waals surface area contributed by atoms with Crippen molar-refractivity contribution in [1.82, 2.24) is 15.6 Å². The summed E-state index contributed by atoms with van der Waals surface area (Å²) in [5.41, 5.74) is 0.109. The SMILES string of the molecule is CNC(=O)Nc1nc(C(=O)NCCO[N+](=O)[O-])cs1. The number of hydrogen-bond acceptors (Lipinski definition) is 7.